The van der Waals surface area contributed by atoms with Crippen LogP contribution in [0.3, 0.4) is 0 Å². The molecule has 0 unspecified atom stereocenters. The molecule has 10 nitrogen and oxygen atoms in total. The van der Waals surface area contributed by atoms with Gasteiger partial charge in [-0.2, -0.15) is 12.7 Å². The predicted octanol–water partition coefficient (Wildman–Crippen LogP) is 0.776. The first-order valence-corrected chi connectivity index (χ1v) is 8.88. The van der Waals surface area contributed by atoms with Crippen LogP contribution < -0.4 is 4.72 Å². The Morgan fingerprint density at radius 2 is 2.00 bits per heavy atom. The van der Waals surface area contributed by atoms with Crippen molar-refractivity contribution in [3.05, 3.63) is 0 Å². The van der Waals surface area contributed by atoms with Crippen LogP contribution in [0.2, 0.25) is 0 Å². The Morgan fingerprint density at radius 1 is 1.38 bits per heavy atom. The first-order valence-electron chi connectivity index (χ1n) is 7.44. The summed E-state index contributed by atoms with van der Waals surface area (Å²) >= 11 is 0. The normalized spacial score (nSPS) is 19.0. The Hall–Kier alpha value is -2.04. The molecule has 0 bridgehead atoms. The molecule has 24 heavy (non-hydrogen) atoms. The van der Waals surface area contributed by atoms with Gasteiger partial charge >= 0.3 is 28.4 Å². The van der Waals surface area contributed by atoms with E-state index >= 15 is 0 Å². The minimum absolute atomic E-state index is 0.0863. The van der Waals surface area contributed by atoms with Crippen molar-refractivity contribution in [1.29, 1.82) is 0 Å². The molecule has 0 aromatic rings. The standard InChI is InChI=1S/C13H22N2O8S/c1-5-21-11(16)9(4)23-12(17)14-24(19,20)15-10(6-8(2)3)7-22-13(15)18/h8-10H,5-7H2,1-4H3,(H,14,17)/t9-,10-/m0/s1. The maximum atomic E-state index is 12.2. The summed E-state index contributed by atoms with van der Waals surface area (Å²) in [7, 11) is -4.50. The Morgan fingerprint density at radius 3 is 2.54 bits per heavy atom. The molecule has 2 atom stereocenters. The lowest BCUT2D eigenvalue weighted by molar-refractivity contribution is -0.152. The molecule has 11 heteroatoms. The molecule has 0 aromatic carbocycles. The third kappa shape index (κ3) is 5.25. The van der Waals surface area contributed by atoms with Gasteiger partial charge in [0, 0.05) is 0 Å². The van der Waals surface area contributed by atoms with Crippen LogP contribution in [0.25, 0.3) is 0 Å². The van der Waals surface area contributed by atoms with E-state index in [1.54, 1.807) is 11.6 Å². The molecular weight excluding hydrogens is 344 g/mol. The molecule has 1 fully saturated rings. The van der Waals surface area contributed by atoms with Gasteiger partial charge in [0.25, 0.3) is 0 Å². The summed E-state index contributed by atoms with van der Waals surface area (Å²) in [6, 6.07) is -0.717. The minimum Gasteiger partial charge on any atom is -0.463 e. The Bertz CT molecular complexity index is 589. The number of rotatable bonds is 7. The van der Waals surface area contributed by atoms with E-state index in [0.29, 0.717) is 10.7 Å². The SMILES string of the molecule is CCOC(=O)[C@H](C)OC(=O)NS(=O)(=O)N1C(=O)OC[C@@H]1CC(C)C. The average Bonchev–Trinajstić information content (AvgIpc) is 2.78. The van der Waals surface area contributed by atoms with E-state index < -0.39 is 40.5 Å². The van der Waals surface area contributed by atoms with Crippen LogP contribution in [-0.4, -0.2) is 56.2 Å². The number of carbonyl (C=O) groups is 3. The van der Waals surface area contributed by atoms with Crippen molar-refractivity contribution in [1.82, 2.24) is 9.03 Å². The minimum atomic E-state index is -4.50. The van der Waals surface area contributed by atoms with Crippen LogP contribution in [-0.2, 0) is 29.2 Å². The predicted molar refractivity (Wildman–Crippen MR) is 81.1 cm³/mol. The zero-order valence-corrected chi connectivity index (χ0v) is 14.8. The molecular formula is C13H22N2O8S. The molecule has 0 aromatic heterocycles. The van der Waals surface area contributed by atoms with E-state index in [4.69, 9.17) is 4.74 Å². The summed E-state index contributed by atoms with van der Waals surface area (Å²) in [5.74, 6) is -0.707. The van der Waals surface area contributed by atoms with E-state index in [9.17, 15) is 22.8 Å². The van der Waals surface area contributed by atoms with Crippen LogP contribution in [0.4, 0.5) is 9.59 Å². The van der Waals surface area contributed by atoms with Gasteiger partial charge < -0.3 is 14.2 Å². The lowest BCUT2D eigenvalue weighted by Crippen LogP contribution is -2.49. The third-order valence-electron chi connectivity index (χ3n) is 3.03. The Balaban J connectivity index is 2.75. The summed E-state index contributed by atoms with van der Waals surface area (Å²) in [5, 5.41) is 0. The van der Waals surface area contributed by atoms with Crippen molar-refractivity contribution < 1.29 is 37.0 Å². The lowest BCUT2D eigenvalue weighted by Gasteiger charge is -2.22. The number of carbonyl (C=O) groups excluding carboxylic acids is 3. The van der Waals surface area contributed by atoms with E-state index in [2.05, 4.69) is 9.47 Å². The van der Waals surface area contributed by atoms with Gasteiger partial charge in [0.15, 0.2) is 6.10 Å². The van der Waals surface area contributed by atoms with E-state index in [-0.39, 0.29) is 19.1 Å². The van der Waals surface area contributed by atoms with Crippen molar-refractivity contribution in [2.45, 2.75) is 46.3 Å². The van der Waals surface area contributed by atoms with Gasteiger partial charge in [0.2, 0.25) is 0 Å². The second-order valence-corrected chi connectivity index (χ2v) is 7.11. The number of ether oxygens (including phenoxy) is 3. The third-order valence-corrected chi connectivity index (χ3v) is 4.42. The highest BCUT2D eigenvalue weighted by Gasteiger charge is 2.43. The number of hydrogen-bond acceptors (Lipinski definition) is 8. The topological polar surface area (TPSA) is 128 Å². The average molecular weight is 366 g/mol. The highest BCUT2D eigenvalue weighted by Crippen LogP contribution is 2.22. The summed E-state index contributed by atoms with van der Waals surface area (Å²) in [6.07, 6.45) is -3.38. The molecule has 0 radical (unpaired) electrons. The van der Waals surface area contributed by atoms with E-state index in [0.717, 1.165) is 0 Å². The van der Waals surface area contributed by atoms with Crippen molar-refractivity contribution in [2.24, 2.45) is 5.92 Å². The first kappa shape index (κ1) is 20.0. The molecule has 1 aliphatic heterocycles. The number of amides is 2. The molecule has 1 heterocycles. The summed E-state index contributed by atoms with van der Waals surface area (Å²) in [6.45, 7) is 6.51. The molecule has 0 spiro atoms. The van der Waals surface area contributed by atoms with Crippen molar-refractivity contribution in [2.75, 3.05) is 13.2 Å². The Labute approximate surface area is 140 Å². The monoisotopic (exact) mass is 366 g/mol. The smallest absolute Gasteiger partial charge is 0.425 e. The number of esters is 1. The van der Waals surface area contributed by atoms with Crippen LogP contribution >= 0.6 is 0 Å². The summed E-state index contributed by atoms with van der Waals surface area (Å²) in [4.78, 5) is 34.7. The van der Waals surface area contributed by atoms with Gasteiger partial charge in [-0.15, -0.1) is 0 Å². The highest BCUT2D eigenvalue weighted by molar-refractivity contribution is 7.88. The number of nitrogens with one attached hydrogen (secondary N) is 1. The lowest BCUT2D eigenvalue weighted by atomic mass is 10.1. The molecule has 1 N–H and O–H groups in total. The summed E-state index contributed by atoms with van der Waals surface area (Å²) in [5.41, 5.74) is 0. The van der Waals surface area contributed by atoms with Gasteiger partial charge in [-0.3, -0.25) is 0 Å². The van der Waals surface area contributed by atoms with Gasteiger partial charge in [-0.05, 0) is 26.2 Å². The number of cyclic esters (lactones) is 1. The maximum absolute atomic E-state index is 12.2. The van der Waals surface area contributed by atoms with Crippen LogP contribution in [0, 0.1) is 5.92 Å². The van der Waals surface area contributed by atoms with Crippen molar-refractivity contribution >= 4 is 28.4 Å². The maximum Gasteiger partial charge on any atom is 0.425 e. The van der Waals surface area contributed by atoms with Crippen LogP contribution in [0.15, 0.2) is 0 Å². The van der Waals surface area contributed by atoms with E-state index in [1.807, 2.05) is 13.8 Å². The molecule has 0 aliphatic carbocycles. The van der Waals surface area contributed by atoms with Gasteiger partial charge in [-0.1, -0.05) is 13.8 Å². The van der Waals surface area contributed by atoms with E-state index in [1.165, 1.54) is 6.92 Å². The number of nitrogens with zero attached hydrogens (tertiary/aromatic N) is 1. The van der Waals surface area contributed by atoms with Crippen LogP contribution in [0.1, 0.15) is 34.1 Å². The molecule has 138 valence electrons. The number of hydrogen-bond donors (Lipinski definition) is 1. The fourth-order valence-corrected chi connectivity index (χ4v) is 3.24. The van der Waals surface area contributed by atoms with Gasteiger partial charge in [0.05, 0.1) is 12.6 Å². The molecule has 1 aliphatic rings. The van der Waals surface area contributed by atoms with Crippen molar-refractivity contribution in [3.63, 3.8) is 0 Å². The molecule has 2 amide bonds. The van der Waals surface area contributed by atoms with Crippen LogP contribution in [0.5, 0.6) is 0 Å². The molecule has 1 saturated heterocycles. The molecule has 0 saturated carbocycles. The van der Waals surface area contributed by atoms with Crippen molar-refractivity contribution in [3.8, 4) is 0 Å². The fraction of sp³-hybridized carbons (Fsp3) is 0.769. The largest absolute Gasteiger partial charge is 0.463 e. The summed E-state index contributed by atoms with van der Waals surface area (Å²) < 4.78 is 40.5. The zero-order chi connectivity index (χ0) is 18.5. The molecule has 1 rings (SSSR count). The quantitative estimate of drug-likeness (QED) is 0.517. The zero-order valence-electron chi connectivity index (χ0n) is 14.0. The first-order chi connectivity index (χ1) is 11.1. The second-order valence-electron chi connectivity index (χ2n) is 5.56. The Kier molecular flexibility index (Phi) is 6.81. The second kappa shape index (κ2) is 8.18. The van der Waals surface area contributed by atoms with Gasteiger partial charge in [-0.25, -0.2) is 19.1 Å². The fourth-order valence-electron chi connectivity index (χ4n) is 2.10. The highest BCUT2D eigenvalue weighted by atomic mass is 32.2. The van der Waals surface area contributed by atoms with Gasteiger partial charge in [0.1, 0.15) is 6.61 Å².